The maximum Gasteiger partial charge on any atom is 0.328 e. The number of benzene rings is 2. The maximum absolute atomic E-state index is 12.6. The molecule has 1 N–H and O–H groups in total. The van der Waals surface area contributed by atoms with Gasteiger partial charge in [0.1, 0.15) is 6.54 Å². The topological polar surface area (TPSA) is 98.2 Å². The average Bonchev–Trinajstić information content (AvgIpc) is 3.19. The van der Waals surface area contributed by atoms with Crippen molar-refractivity contribution in [1.82, 2.24) is 9.78 Å². The Morgan fingerprint density at radius 1 is 1.07 bits per heavy atom. The zero-order valence-electron chi connectivity index (χ0n) is 15.9. The summed E-state index contributed by atoms with van der Waals surface area (Å²) in [4.78, 5) is 49.5. The molecule has 0 unspecified atom stereocenters. The Balaban J connectivity index is 1.49. The molecule has 0 radical (unpaired) electrons. The van der Waals surface area contributed by atoms with E-state index in [0.29, 0.717) is 5.56 Å². The number of aromatic nitrogens is 2. The van der Waals surface area contributed by atoms with E-state index in [4.69, 9.17) is 4.74 Å². The normalized spacial score (nSPS) is 13.8. The predicted octanol–water partition coefficient (Wildman–Crippen LogP) is 1.99. The van der Waals surface area contributed by atoms with E-state index in [1.165, 1.54) is 24.6 Å². The van der Waals surface area contributed by atoms with Crippen LogP contribution in [0.25, 0.3) is 10.8 Å². The summed E-state index contributed by atoms with van der Waals surface area (Å²) in [6.07, 6.45) is 2.05. The Morgan fingerprint density at radius 3 is 2.59 bits per heavy atom. The van der Waals surface area contributed by atoms with E-state index < -0.39 is 29.7 Å². The summed E-state index contributed by atoms with van der Waals surface area (Å²) >= 11 is 0. The highest BCUT2D eigenvalue weighted by atomic mass is 16.5. The lowest BCUT2D eigenvalue weighted by Gasteiger charge is -2.14. The minimum absolute atomic E-state index is 0.214. The van der Waals surface area contributed by atoms with Crippen LogP contribution in [0.4, 0.5) is 0 Å². The summed E-state index contributed by atoms with van der Waals surface area (Å²) in [5.74, 6) is -1.08. The molecule has 1 aromatic heterocycles. The van der Waals surface area contributed by atoms with Crippen LogP contribution in [0, 0.1) is 0 Å². The molecule has 1 atom stereocenters. The molecule has 148 valence electrons. The first kappa shape index (κ1) is 18.9. The van der Waals surface area contributed by atoms with Crippen molar-refractivity contribution in [3.8, 4) is 0 Å². The summed E-state index contributed by atoms with van der Waals surface area (Å²) in [6.45, 7) is 1.01. The third-order valence-corrected chi connectivity index (χ3v) is 5.23. The monoisotopic (exact) mass is 392 g/mol. The molecule has 0 saturated carbocycles. The van der Waals surface area contributed by atoms with Crippen LogP contribution in [-0.2, 0) is 28.9 Å². The Kier molecular flexibility index (Phi) is 4.88. The molecule has 4 rings (SSSR count). The first-order valence-electron chi connectivity index (χ1n) is 9.51. The van der Waals surface area contributed by atoms with Crippen LogP contribution < -0.4 is 11.1 Å². The van der Waals surface area contributed by atoms with Gasteiger partial charge >= 0.3 is 5.97 Å². The van der Waals surface area contributed by atoms with Gasteiger partial charge in [-0.1, -0.05) is 24.3 Å². The second kappa shape index (κ2) is 7.50. The Morgan fingerprint density at radius 2 is 1.79 bits per heavy atom. The lowest BCUT2D eigenvalue weighted by Crippen LogP contribution is -2.34. The molecule has 0 spiro atoms. The number of nitrogens with one attached hydrogen (secondary N) is 1. The predicted molar refractivity (Wildman–Crippen MR) is 107 cm³/mol. The highest BCUT2D eigenvalue weighted by Crippen LogP contribution is 2.23. The quantitative estimate of drug-likeness (QED) is 0.529. The second-order valence-electron chi connectivity index (χ2n) is 7.21. The molecular formula is C22H20N2O5. The number of nitrogens with zero attached hydrogens (tertiary/aromatic N) is 1. The summed E-state index contributed by atoms with van der Waals surface area (Å²) < 4.78 is 6.13. The van der Waals surface area contributed by atoms with Crippen LogP contribution >= 0.6 is 0 Å². The van der Waals surface area contributed by atoms with Gasteiger partial charge in [-0.3, -0.25) is 24.3 Å². The largest absolute Gasteiger partial charge is 0.453 e. The van der Waals surface area contributed by atoms with Crippen LogP contribution in [0.3, 0.4) is 0 Å². The van der Waals surface area contributed by atoms with Gasteiger partial charge in [-0.25, -0.2) is 4.68 Å². The Bertz CT molecular complexity index is 1240. The Hall–Kier alpha value is -3.48. The maximum atomic E-state index is 12.6. The fourth-order valence-electron chi connectivity index (χ4n) is 3.73. The summed E-state index contributed by atoms with van der Waals surface area (Å²) in [7, 11) is 0. The number of ketones is 1. The van der Waals surface area contributed by atoms with E-state index in [9.17, 15) is 19.2 Å². The van der Waals surface area contributed by atoms with Crippen molar-refractivity contribution in [3.05, 3.63) is 79.9 Å². The molecule has 1 heterocycles. The number of aromatic amines is 1. The highest BCUT2D eigenvalue weighted by molar-refractivity contribution is 6.00. The molecule has 0 bridgehead atoms. The van der Waals surface area contributed by atoms with E-state index >= 15 is 0 Å². The van der Waals surface area contributed by atoms with E-state index in [2.05, 4.69) is 5.10 Å². The number of fused-ring (bicyclic) bond motifs is 2. The molecule has 7 heteroatoms. The van der Waals surface area contributed by atoms with Gasteiger partial charge in [-0.2, -0.15) is 0 Å². The highest BCUT2D eigenvalue weighted by Gasteiger charge is 2.22. The fraction of sp³-hybridized carbons (Fsp3) is 0.273. The van der Waals surface area contributed by atoms with Crippen LogP contribution in [0.5, 0.6) is 0 Å². The van der Waals surface area contributed by atoms with Gasteiger partial charge in [0.05, 0.1) is 10.8 Å². The number of hydrogen-bond acceptors (Lipinski definition) is 5. The molecule has 1 aliphatic carbocycles. The standard InChI is InChI=1S/C22H20N2O5/c1-13(20(26)16-10-9-14-5-4-6-15(14)11-16)29-19(25)12-24-22(28)18-8-3-2-7-17(18)21(27)23-24/h2-3,7-11,13H,4-6,12H2,1H3,(H,23,27)/t13-/m1/s1. The zero-order chi connectivity index (χ0) is 20.5. The van der Waals surface area contributed by atoms with Crippen molar-refractivity contribution in [1.29, 1.82) is 0 Å². The van der Waals surface area contributed by atoms with Crippen molar-refractivity contribution < 1.29 is 14.3 Å². The van der Waals surface area contributed by atoms with Crippen molar-refractivity contribution >= 4 is 22.5 Å². The number of esters is 1. The molecular weight excluding hydrogens is 372 g/mol. The Labute approximate surface area is 165 Å². The minimum Gasteiger partial charge on any atom is -0.453 e. The van der Waals surface area contributed by atoms with Gasteiger partial charge in [0.25, 0.3) is 11.1 Å². The van der Waals surface area contributed by atoms with Gasteiger partial charge in [0, 0.05) is 5.56 Å². The molecule has 29 heavy (non-hydrogen) atoms. The van der Waals surface area contributed by atoms with Crippen molar-refractivity contribution in [3.63, 3.8) is 0 Å². The SMILES string of the molecule is C[C@@H](OC(=O)Cn1[nH]c(=O)c2ccccc2c1=O)C(=O)c1ccc2c(c1)CCC2. The van der Waals surface area contributed by atoms with Gasteiger partial charge in [-0.05, 0) is 55.5 Å². The lowest BCUT2D eigenvalue weighted by atomic mass is 10.0. The van der Waals surface area contributed by atoms with Crippen LogP contribution in [0.15, 0.2) is 52.1 Å². The summed E-state index contributed by atoms with van der Waals surface area (Å²) in [5, 5.41) is 2.84. The van der Waals surface area contributed by atoms with Gasteiger partial charge < -0.3 is 4.74 Å². The first-order valence-corrected chi connectivity index (χ1v) is 9.51. The zero-order valence-corrected chi connectivity index (χ0v) is 15.9. The van der Waals surface area contributed by atoms with Crippen molar-refractivity contribution in [2.45, 2.75) is 38.8 Å². The molecule has 2 aromatic carbocycles. The molecule has 1 aliphatic rings. The van der Waals surface area contributed by atoms with Gasteiger partial charge in [0.2, 0.25) is 5.78 Å². The van der Waals surface area contributed by atoms with E-state index in [0.717, 1.165) is 29.5 Å². The molecule has 3 aromatic rings. The fourth-order valence-corrected chi connectivity index (χ4v) is 3.73. The van der Waals surface area contributed by atoms with Crippen molar-refractivity contribution in [2.24, 2.45) is 0 Å². The number of carbonyl (C=O) groups is 2. The minimum atomic E-state index is -0.996. The van der Waals surface area contributed by atoms with E-state index in [1.54, 1.807) is 18.2 Å². The number of hydrogen-bond donors (Lipinski definition) is 1. The number of carbonyl (C=O) groups excluding carboxylic acids is 2. The average molecular weight is 392 g/mol. The molecule has 0 aliphatic heterocycles. The number of H-pyrrole nitrogens is 1. The molecule has 0 saturated heterocycles. The van der Waals surface area contributed by atoms with Crippen molar-refractivity contribution in [2.75, 3.05) is 0 Å². The number of Topliss-reactive ketones (excluding diaryl/α,β-unsaturated/α-hetero) is 1. The molecule has 0 amide bonds. The third kappa shape index (κ3) is 3.63. The van der Waals surface area contributed by atoms with E-state index in [-0.39, 0.29) is 16.6 Å². The smallest absolute Gasteiger partial charge is 0.328 e. The van der Waals surface area contributed by atoms with Crippen LogP contribution in [0.1, 0.15) is 34.8 Å². The second-order valence-corrected chi connectivity index (χ2v) is 7.21. The summed E-state index contributed by atoms with van der Waals surface area (Å²) in [5.41, 5.74) is 1.94. The lowest BCUT2D eigenvalue weighted by molar-refractivity contribution is -0.147. The van der Waals surface area contributed by atoms with Crippen LogP contribution in [0.2, 0.25) is 0 Å². The third-order valence-electron chi connectivity index (χ3n) is 5.23. The van der Waals surface area contributed by atoms with E-state index in [1.807, 2.05) is 12.1 Å². The molecule has 7 nitrogen and oxygen atoms in total. The van der Waals surface area contributed by atoms with Gasteiger partial charge in [0.15, 0.2) is 6.10 Å². The first-order chi connectivity index (χ1) is 13.9. The van der Waals surface area contributed by atoms with Gasteiger partial charge in [-0.15, -0.1) is 0 Å². The summed E-state index contributed by atoms with van der Waals surface area (Å²) in [6, 6.07) is 11.9. The number of ether oxygens (including phenoxy) is 1. The number of rotatable bonds is 5. The number of aryl methyl sites for hydroxylation is 2. The van der Waals surface area contributed by atoms with Crippen LogP contribution in [-0.4, -0.2) is 27.6 Å². The molecule has 0 fully saturated rings.